The minimum absolute atomic E-state index is 0.0678. The molecule has 0 aliphatic carbocycles. The van der Waals surface area contributed by atoms with Crippen LogP contribution in [0.5, 0.6) is 0 Å². The molecule has 0 aromatic heterocycles. The maximum Gasteiger partial charge on any atom is 0.0991 e. The molecule has 0 fully saturated rings. The van der Waals surface area contributed by atoms with Crippen molar-refractivity contribution < 1.29 is 0 Å². The number of nitrogens with zero attached hydrogens (tertiary/aromatic N) is 2. The van der Waals surface area contributed by atoms with Crippen molar-refractivity contribution in [2.75, 3.05) is 6.26 Å². The highest BCUT2D eigenvalue weighted by molar-refractivity contribution is 7.98. The van der Waals surface area contributed by atoms with Crippen LogP contribution in [-0.2, 0) is 6.42 Å². The van der Waals surface area contributed by atoms with Gasteiger partial charge in [-0.2, -0.15) is 10.5 Å². The molecule has 1 unspecified atom stereocenters. The second-order valence-electron chi connectivity index (χ2n) is 7.82. The minimum Gasteiger partial charge on any atom is -0.306 e. The van der Waals surface area contributed by atoms with Crippen molar-refractivity contribution >= 4 is 23.4 Å². The van der Waals surface area contributed by atoms with Crippen molar-refractivity contribution in [2.24, 2.45) is 0 Å². The average molecular weight is 460 g/mol. The standard InChI is InChI=1S/C27H26ClN3S/c1-19(31-27(14-15-29)22-8-12-25(32-2)13-9-22)26(17-20-6-10-24(28)11-7-20)23-5-3-4-21(16-23)18-30/h3-13,16,19,26-27,31H,14,17H2,1-2H3/t19-,26?,27-/m0/s1. The van der Waals surface area contributed by atoms with Gasteiger partial charge in [0.25, 0.3) is 0 Å². The van der Waals surface area contributed by atoms with Gasteiger partial charge in [0.1, 0.15) is 0 Å². The van der Waals surface area contributed by atoms with Crippen molar-refractivity contribution in [2.45, 2.75) is 42.7 Å². The van der Waals surface area contributed by atoms with Gasteiger partial charge in [-0.15, -0.1) is 11.8 Å². The van der Waals surface area contributed by atoms with Crippen LogP contribution in [-0.4, -0.2) is 12.3 Å². The van der Waals surface area contributed by atoms with E-state index in [0.717, 1.165) is 17.5 Å². The number of thioether (sulfide) groups is 1. The molecule has 0 radical (unpaired) electrons. The highest BCUT2D eigenvalue weighted by Gasteiger charge is 2.24. The smallest absolute Gasteiger partial charge is 0.0991 e. The van der Waals surface area contributed by atoms with Gasteiger partial charge in [0.2, 0.25) is 0 Å². The van der Waals surface area contributed by atoms with Crippen molar-refractivity contribution in [1.82, 2.24) is 5.32 Å². The zero-order chi connectivity index (χ0) is 22.9. The van der Waals surface area contributed by atoms with Gasteiger partial charge in [0.05, 0.1) is 24.1 Å². The number of rotatable bonds is 9. The van der Waals surface area contributed by atoms with Gasteiger partial charge in [-0.3, -0.25) is 0 Å². The molecule has 0 spiro atoms. The third-order valence-corrected chi connectivity index (χ3v) is 6.69. The molecule has 0 saturated heterocycles. The Balaban J connectivity index is 1.89. The van der Waals surface area contributed by atoms with E-state index in [1.54, 1.807) is 11.8 Å². The van der Waals surface area contributed by atoms with E-state index in [0.29, 0.717) is 17.0 Å². The summed E-state index contributed by atoms with van der Waals surface area (Å²) in [5, 5.41) is 23.3. The Morgan fingerprint density at radius 3 is 2.31 bits per heavy atom. The molecule has 1 N–H and O–H groups in total. The summed E-state index contributed by atoms with van der Waals surface area (Å²) >= 11 is 7.78. The normalized spacial score (nSPS) is 13.5. The van der Waals surface area contributed by atoms with Crippen molar-refractivity contribution in [3.63, 3.8) is 0 Å². The van der Waals surface area contributed by atoms with E-state index in [9.17, 15) is 10.5 Å². The summed E-state index contributed by atoms with van der Waals surface area (Å²) in [4.78, 5) is 1.20. The molecule has 0 aliphatic rings. The highest BCUT2D eigenvalue weighted by atomic mass is 35.5. The summed E-state index contributed by atoms with van der Waals surface area (Å²) in [5.74, 6) is 0.121. The van der Waals surface area contributed by atoms with E-state index in [1.807, 2.05) is 42.5 Å². The third kappa shape index (κ3) is 6.38. The summed E-state index contributed by atoms with van der Waals surface area (Å²) < 4.78 is 0. The zero-order valence-electron chi connectivity index (χ0n) is 18.3. The van der Waals surface area contributed by atoms with Crippen LogP contribution in [0.15, 0.2) is 77.7 Å². The first-order valence-corrected chi connectivity index (χ1v) is 12.2. The number of nitriles is 2. The molecule has 0 heterocycles. The molecule has 0 saturated carbocycles. The first kappa shape index (κ1) is 23.9. The Labute approximate surface area is 200 Å². The third-order valence-electron chi connectivity index (χ3n) is 5.69. The van der Waals surface area contributed by atoms with Crippen LogP contribution in [0.1, 0.15) is 47.6 Å². The summed E-state index contributed by atoms with van der Waals surface area (Å²) in [6, 6.07) is 28.7. The molecule has 3 nitrogen and oxygen atoms in total. The number of halogens is 1. The predicted octanol–water partition coefficient (Wildman–Crippen LogP) is 6.89. The maximum absolute atomic E-state index is 9.45. The van der Waals surface area contributed by atoms with Gasteiger partial charge in [-0.25, -0.2) is 0 Å². The molecule has 3 aromatic rings. The van der Waals surface area contributed by atoms with Crippen LogP contribution < -0.4 is 5.32 Å². The quantitative estimate of drug-likeness (QED) is 0.354. The van der Waals surface area contributed by atoms with E-state index >= 15 is 0 Å². The molecule has 162 valence electrons. The van der Waals surface area contributed by atoms with Crippen molar-refractivity contribution in [3.05, 3.63) is 100 Å². The first-order chi connectivity index (χ1) is 15.5. The predicted molar refractivity (Wildman–Crippen MR) is 133 cm³/mol. The van der Waals surface area contributed by atoms with Crippen LogP contribution >= 0.6 is 23.4 Å². The topological polar surface area (TPSA) is 59.6 Å². The fourth-order valence-corrected chi connectivity index (χ4v) is 4.46. The van der Waals surface area contributed by atoms with Crippen LogP contribution in [0.3, 0.4) is 0 Å². The van der Waals surface area contributed by atoms with Crippen molar-refractivity contribution in [3.8, 4) is 12.1 Å². The largest absolute Gasteiger partial charge is 0.306 e. The zero-order valence-corrected chi connectivity index (χ0v) is 19.8. The highest BCUT2D eigenvalue weighted by Crippen LogP contribution is 2.29. The van der Waals surface area contributed by atoms with Crippen LogP contribution in [0.25, 0.3) is 0 Å². The molecule has 3 atom stereocenters. The first-order valence-electron chi connectivity index (χ1n) is 10.6. The van der Waals surface area contributed by atoms with Crippen LogP contribution in [0.2, 0.25) is 5.02 Å². The van der Waals surface area contributed by atoms with Gasteiger partial charge >= 0.3 is 0 Å². The molecule has 3 rings (SSSR count). The molecule has 0 amide bonds. The molecule has 0 aliphatic heterocycles. The van der Waals surface area contributed by atoms with Gasteiger partial charge in [0, 0.05) is 27.9 Å². The molecular formula is C27H26ClN3S. The van der Waals surface area contributed by atoms with Gasteiger partial charge in [0.15, 0.2) is 0 Å². The van der Waals surface area contributed by atoms with E-state index in [1.165, 1.54) is 10.5 Å². The number of hydrogen-bond acceptors (Lipinski definition) is 4. The Morgan fingerprint density at radius 2 is 1.69 bits per heavy atom. The molecular weight excluding hydrogens is 434 g/mol. The van der Waals surface area contributed by atoms with Crippen molar-refractivity contribution in [1.29, 1.82) is 10.5 Å². The van der Waals surface area contributed by atoms with Crippen LogP contribution in [0.4, 0.5) is 0 Å². The summed E-state index contributed by atoms with van der Waals surface area (Å²) in [5.41, 5.74) is 4.04. The molecule has 0 bridgehead atoms. The SMILES string of the molecule is CSc1ccc([C@H](CC#N)N[C@@H](C)C(Cc2ccc(Cl)cc2)c2cccc(C#N)c2)cc1. The lowest BCUT2D eigenvalue weighted by molar-refractivity contribution is 0.401. The average Bonchev–Trinajstić information content (AvgIpc) is 2.83. The fourth-order valence-electron chi connectivity index (χ4n) is 3.93. The summed E-state index contributed by atoms with van der Waals surface area (Å²) in [6.07, 6.45) is 3.23. The van der Waals surface area contributed by atoms with Gasteiger partial charge in [-0.05, 0) is 72.7 Å². The maximum atomic E-state index is 9.45. The summed E-state index contributed by atoms with van der Waals surface area (Å²) in [7, 11) is 0. The van der Waals surface area contributed by atoms with E-state index in [-0.39, 0.29) is 18.0 Å². The second-order valence-corrected chi connectivity index (χ2v) is 9.13. The monoisotopic (exact) mass is 459 g/mol. The fraction of sp³-hybridized carbons (Fsp3) is 0.259. The Hall–Kier alpha value is -2.76. The number of hydrogen-bond donors (Lipinski definition) is 1. The number of nitrogens with one attached hydrogen (secondary N) is 1. The Morgan fingerprint density at radius 1 is 0.969 bits per heavy atom. The minimum atomic E-state index is -0.0715. The summed E-state index contributed by atoms with van der Waals surface area (Å²) in [6.45, 7) is 2.15. The second kappa shape index (κ2) is 11.7. The molecule has 3 aromatic carbocycles. The Bertz CT molecular complexity index is 1100. The van der Waals surface area contributed by atoms with Gasteiger partial charge in [-0.1, -0.05) is 48.0 Å². The lowest BCUT2D eigenvalue weighted by Crippen LogP contribution is -2.36. The molecule has 32 heavy (non-hydrogen) atoms. The van der Waals surface area contributed by atoms with E-state index in [2.05, 4.69) is 61.0 Å². The Kier molecular flexibility index (Phi) is 8.77. The number of benzene rings is 3. The lowest BCUT2D eigenvalue weighted by Gasteiger charge is -2.30. The van der Waals surface area contributed by atoms with Crippen LogP contribution in [0, 0.1) is 22.7 Å². The lowest BCUT2D eigenvalue weighted by atomic mass is 9.85. The van der Waals surface area contributed by atoms with Gasteiger partial charge < -0.3 is 5.32 Å². The van der Waals surface area contributed by atoms with E-state index < -0.39 is 0 Å². The van der Waals surface area contributed by atoms with E-state index in [4.69, 9.17) is 11.6 Å². The molecule has 5 heteroatoms.